The molecule has 5 heteroatoms. The zero-order valence-corrected chi connectivity index (χ0v) is 14.8. The molecule has 126 valence electrons. The summed E-state index contributed by atoms with van der Waals surface area (Å²) in [7, 11) is 0. The highest BCUT2D eigenvalue weighted by molar-refractivity contribution is 7.14. The first kappa shape index (κ1) is 16.7. The fourth-order valence-corrected chi connectivity index (χ4v) is 4.19. The Hall–Kier alpha value is -2.14. The van der Waals surface area contributed by atoms with E-state index in [4.69, 9.17) is 0 Å². The standard InChI is InChI=1S/C19H22N2O2S/c1-3-13-8-9-17-14(10-13)11-18(24-17)19(23)21-20-12(2)15-6-4-5-7-16(15)22/h4-7,11,13,22H,3,8-10H2,1-2H3,(H,21,23)/b20-12+/t13-/m1/s1. The first-order chi connectivity index (χ1) is 11.6. The monoisotopic (exact) mass is 342 g/mol. The molecule has 0 saturated carbocycles. The molecular formula is C19H22N2O2S. The number of rotatable bonds is 4. The highest BCUT2D eigenvalue weighted by Gasteiger charge is 2.22. The van der Waals surface area contributed by atoms with E-state index in [1.54, 1.807) is 36.5 Å². The van der Waals surface area contributed by atoms with Crippen molar-refractivity contribution in [2.75, 3.05) is 0 Å². The number of aromatic hydroxyl groups is 1. The van der Waals surface area contributed by atoms with Crippen LogP contribution < -0.4 is 5.43 Å². The molecule has 1 amide bonds. The van der Waals surface area contributed by atoms with Gasteiger partial charge in [-0.15, -0.1) is 11.3 Å². The minimum atomic E-state index is -0.183. The topological polar surface area (TPSA) is 61.7 Å². The molecule has 0 radical (unpaired) electrons. The fourth-order valence-electron chi connectivity index (χ4n) is 3.09. The molecule has 1 aromatic carbocycles. The lowest BCUT2D eigenvalue weighted by Gasteiger charge is -2.19. The first-order valence-electron chi connectivity index (χ1n) is 8.33. The van der Waals surface area contributed by atoms with Crippen molar-refractivity contribution in [2.45, 2.75) is 39.5 Å². The fraction of sp³-hybridized carbons (Fsp3) is 0.368. The average Bonchev–Trinajstić information content (AvgIpc) is 3.02. The molecule has 3 rings (SSSR count). The van der Waals surface area contributed by atoms with E-state index in [9.17, 15) is 9.90 Å². The summed E-state index contributed by atoms with van der Waals surface area (Å²) in [5.74, 6) is 0.715. The lowest BCUT2D eigenvalue weighted by atomic mass is 9.87. The molecule has 1 atom stereocenters. The number of hydrazone groups is 1. The van der Waals surface area contributed by atoms with Gasteiger partial charge in [0.15, 0.2) is 0 Å². The number of para-hydroxylation sites is 1. The van der Waals surface area contributed by atoms with Gasteiger partial charge in [0, 0.05) is 10.4 Å². The van der Waals surface area contributed by atoms with E-state index < -0.39 is 0 Å². The van der Waals surface area contributed by atoms with Crippen LogP contribution in [0.3, 0.4) is 0 Å². The van der Waals surface area contributed by atoms with Crippen molar-refractivity contribution in [3.8, 4) is 5.75 Å². The van der Waals surface area contributed by atoms with Gasteiger partial charge in [0.05, 0.1) is 10.6 Å². The Morgan fingerprint density at radius 2 is 2.21 bits per heavy atom. The number of hydrogen-bond acceptors (Lipinski definition) is 4. The molecule has 0 fully saturated rings. The van der Waals surface area contributed by atoms with Crippen LogP contribution in [0.1, 0.15) is 52.4 Å². The molecule has 0 unspecified atom stereocenters. The Morgan fingerprint density at radius 1 is 1.42 bits per heavy atom. The lowest BCUT2D eigenvalue weighted by molar-refractivity contribution is 0.0959. The van der Waals surface area contributed by atoms with Gasteiger partial charge in [-0.05, 0) is 55.9 Å². The Kier molecular flexibility index (Phi) is 5.00. The SMILES string of the molecule is CC[C@@H]1CCc2sc(C(=O)N/N=C(\C)c3ccccc3O)cc2C1. The second kappa shape index (κ2) is 7.18. The summed E-state index contributed by atoms with van der Waals surface area (Å²) in [6, 6.07) is 8.97. The number of nitrogens with one attached hydrogen (secondary N) is 1. The van der Waals surface area contributed by atoms with Gasteiger partial charge in [0.1, 0.15) is 5.75 Å². The number of aryl methyl sites for hydroxylation is 1. The molecular weight excluding hydrogens is 320 g/mol. The van der Waals surface area contributed by atoms with E-state index in [0.717, 1.165) is 18.8 Å². The third kappa shape index (κ3) is 3.51. The number of fused-ring (bicyclic) bond motifs is 1. The summed E-state index contributed by atoms with van der Waals surface area (Å²) in [5, 5.41) is 14.0. The molecule has 2 aromatic rings. The van der Waals surface area contributed by atoms with E-state index in [1.165, 1.54) is 23.3 Å². The largest absolute Gasteiger partial charge is 0.507 e. The normalized spacial score (nSPS) is 17.4. The van der Waals surface area contributed by atoms with E-state index in [0.29, 0.717) is 16.2 Å². The third-order valence-corrected chi connectivity index (χ3v) is 5.84. The van der Waals surface area contributed by atoms with Crippen molar-refractivity contribution in [1.29, 1.82) is 0 Å². The summed E-state index contributed by atoms with van der Waals surface area (Å²) < 4.78 is 0. The number of amides is 1. The lowest BCUT2D eigenvalue weighted by Crippen LogP contribution is -2.18. The molecule has 4 nitrogen and oxygen atoms in total. The number of phenols is 1. The third-order valence-electron chi connectivity index (χ3n) is 4.61. The van der Waals surface area contributed by atoms with Gasteiger partial charge in [-0.2, -0.15) is 5.10 Å². The van der Waals surface area contributed by atoms with Crippen molar-refractivity contribution < 1.29 is 9.90 Å². The maximum absolute atomic E-state index is 12.4. The van der Waals surface area contributed by atoms with Crippen LogP contribution in [0.15, 0.2) is 35.4 Å². The summed E-state index contributed by atoms with van der Waals surface area (Å²) >= 11 is 1.58. The minimum Gasteiger partial charge on any atom is -0.507 e. The Morgan fingerprint density at radius 3 is 2.96 bits per heavy atom. The van der Waals surface area contributed by atoms with Crippen LogP contribution in [-0.2, 0) is 12.8 Å². The molecule has 1 aliphatic rings. The second-order valence-electron chi connectivity index (χ2n) is 6.23. The Bertz CT molecular complexity index is 779. The average molecular weight is 342 g/mol. The van der Waals surface area contributed by atoms with Gasteiger partial charge in [-0.25, -0.2) is 5.43 Å². The van der Waals surface area contributed by atoms with Crippen LogP contribution in [0, 0.1) is 5.92 Å². The van der Waals surface area contributed by atoms with Crippen molar-refractivity contribution >= 4 is 23.0 Å². The molecule has 0 saturated heterocycles. The second-order valence-corrected chi connectivity index (χ2v) is 7.37. The number of nitrogens with zero attached hydrogens (tertiary/aromatic N) is 1. The summed E-state index contributed by atoms with van der Waals surface area (Å²) in [6.07, 6.45) is 4.57. The van der Waals surface area contributed by atoms with Crippen molar-refractivity contribution in [3.63, 3.8) is 0 Å². The smallest absolute Gasteiger partial charge is 0.281 e. The maximum Gasteiger partial charge on any atom is 0.281 e. The minimum absolute atomic E-state index is 0.158. The number of hydrogen-bond donors (Lipinski definition) is 2. The molecule has 1 heterocycles. The quantitative estimate of drug-likeness (QED) is 0.648. The van der Waals surface area contributed by atoms with Gasteiger partial charge >= 0.3 is 0 Å². The van der Waals surface area contributed by atoms with Crippen molar-refractivity contribution in [1.82, 2.24) is 5.43 Å². The molecule has 0 spiro atoms. The van der Waals surface area contributed by atoms with Crippen LogP contribution in [0.2, 0.25) is 0 Å². The Balaban J connectivity index is 1.71. The van der Waals surface area contributed by atoms with Crippen LogP contribution >= 0.6 is 11.3 Å². The summed E-state index contributed by atoms with van der Waals surface area (Å²) in [5.41, 5.74) is 5.13. The zero-order valence-electron chi connectivity index (χ0n) is 14.0. The van der Waals surface area contributed by atoms with E-state index in [-0.39, 0.29) is 11.7 Å². The molecule has 1 aliphatic carbocycles. The molecule has 24 heavy (non-hydrogen) atoms. The van der Waals surface area contributed by atoms with Gasteiger partial charge in [0.2, 0.25) is 0 Å². The maximum atomic E-state index is 12.4. The van der Waals surface area contributed by atoms with E-state index in [1.807, 2.05) is 12.1 Å². The van der Waals surface area contributed by atoms with E-state index in [2.05, 4.69) is 17.5 Å². The van der Waals surface area contributed by atoms with Gasteiger partial charge < -0.3 is 5.11 Å². The molecule has 0 aliphatic heterocycles. The highest BCUT2D eigenvalue weighted by Crippen LogP contribution is 2.33. The first-order valence-corrected chi connectivity index (χ1v) is 9.14. The van der Waals surface area contributed by atoms with Crippen molar-refractivity contribution in [3.05, 3.63) is 51.2 Å². The summed E-state index contributed by atoms with van der Waals surface area (Å²) in [6.45, 7) is 3.99. The number of thiophene rings is 1. The van der Waals surface area contributed by atoms with Gasteiger partial charge in [-0.3, -0.25) is 4.79 Å². The highest BCUT2D eigenvalue weighted by atomic mass is 32.1. The van der Waals surface area contributed by atoms with Gasteiger partial charge in [-0.1, -0.05) is 25.5 Å². The van der Waals surface area contributed by atoms with Crippen LogP contribution in [0.25, 0.3) is 0 Å². The molecule has 0 bridgehead atoms. The predicted octanol–water partition coefficient (Wildman–Crippen LogP) is 4.12. The van der Waals surface area contributed by atoms with E-state index >= 15 is 0 Å². The van der Waals surface area contributed by atoms with Crippen LogP contribution in [0.4, 0.5) is 0 Å². The number of carbonyl (C=O) groups excluding carboxylic acids is 1. The van der Waals surface area contributed by atoms with Gasteiger partial charge in [0.25, 0.3) is 5.91 Å². The van der Waals surface area contributed by atoms with Crippen molar-refractivity contribution in [2.24, 2.45) is 11.0 Å². The predicted molar refractivity (Wildman–Crippen MR) is 97.9 cm³/mol. The Labute approximate surface area is 146 Å². The molecule has 1 aromatic heterocycles. The summed E-state index contributed by atoms with van der Waals surface area (Å²) in [4.78, 5) is 14.4. The zero-order chi connectivity index (χ0) is 17.1. The molecule has 2 N–H and O–H groups in total. The number of phenolic OH excluding ortho intramolecular Hbond substituents is 1. The van der Waals surface area contributed by atoms with Crippen LogP contribution in [-0.4, -0.2) is 16.7 Å². The number of carbonyl (C=O) groups is 1. The van der Waals surface area contributed by atoms with Crippen LogP contribution in [0.5, 0.6) is 5.75 Å². The number of benzene rings is 1.